The molecule has 0 unspecified atom stereocenters. The van der Waals surface area contributed by atoms with Crippen molar-refractivity contribution in [2.45, 2.75) is 17.9 Å². The lowest BCUT2D eigenvalue weighted by atomic mass is 10.2. The van der Waals surface area contributed by atoms with Gasteiger partial charge in [-0.15, -0.1) is 0 Å². The highest BCUT2D eigenvalue weighted by molar-refractivity contribution is 8.01. The summed E-state index contributed by atoms with van der Waals surface area (Å²) in [4.78, 5) is 25.2. The Bertz CT molecular complexity index is 952. The summed E-state index contributed by atoms with van der Waals surface area (Å²) >= 11 is 1.24. The van der Waals surface area contributed by atoms with Crippen LogP contribution in [0.5, 0.6) is 0 Å². The van der Waals surface area contributed by atoms with Crippen molar-refractivity contribution in [3.63, 3.8) is 0 Å². The Labute approximate surface area is 180 Å². The highest BCUT2D eigenvalue weighted by Crippen LogP contribution is 2.17. The van der Waals surface area contributed by atoms with Crippen molar-refractivity contribution >= 4 is 33.6 Å². The van der Waals surface area contributed by atoms with E-state index in [1.165, 1.54) is 21.8 Å². The van der Waals surface area contributed by atoms with Gasteiger partial charge in [-0.2, -0.15) is 11.8 Å². The quantitative estimate of drug-likeness (QED) is 0.578. The van der Waals surface area contributed by atoms with Gasteiger partial charge in [0.15, 0.2) is 9.84 Å². The molecule has 3 rings (SSSR count). The second kappa shape index (κ2) is 10.5. The van der Waals surface area contributed by atoms with Crippen molar-refractivity contribution in [2.75, 3.05) is 30.3 Å². The van der Waals surface area contributed by atoms with Crippen LogP contribution in [0, 0.1) is 0 Å². The van der Waals surface area contributed by atoms with Gasteiger partial charge in [-0.25, -0.2) is 23.2 Å². The number of carbonyl (C=O) groups excluding carboxylic acids is 2. The zero-order valence-corrected chi connectivity index (χ0v) is 18.1. The first-order valence-electron chi connectivity index (χ1n) is 9.61. The largest absolute Gasteiger partial charge is 0.443 e. The second-order valence-corrected chi connectivity index (χ2v) is 9.93. The first kappa shape index (κ1) is 22.2. The van der Waals surface area contributed by atoms with Gasteiger partial charge < -0.3 is 4.74 Å². The molecule has 1 aliphatic heterocycles. The van der Waals surface area contributed by atoms with E-state index >= 15 is 0 Å². The Balaban J connectivity index is 1.44. The van der Waals surface area contributed by atoms with Crippen LogP contribution in [-0.2, 0) is 26.0 Å². The molecule has 2 amide bonds. The smallest absolute Gasteiger partial charge is 0.429 e. The lowest BCUT2D eigenvalue weighted by Crippen LogP contribution is -2.45. The molecule has 0 aliphatic carbocycles. The standard InChI is InChI=1S/C21H24N2O5S2/c24-20(17-29-14-15-30(26,27)19-10-5-2-6-11-19)22-12-7-13-23(22)21(25)28-16-18-8-3-1-4-9-18/h1-6,8-11H,7,12-17H2. The van der Waals surface area contributed by atoms with Gasteiger partial charge in [-0.05, 0) is 24.1 Å². The molecule has 1 heterocycles. The molecule has 1 saturated heterocycles. The van der Waals surface area contributed by atoms with Gasteiger partial charge in [0.25, 0.3) is 5.91 Å². The van der Waals surface area contributed by atoms with Crippen LogP contribution in [0.25, 0.3) is 0 Å². The maximum Gasteiger partial charge on any atom is 0.429 e. The zero-order valence-electron chi connectivity index (χ0n) is 16.5. The molecular weight excluding hydrogens is 424 g/mol. The van der Waals surface area contributed by atoms with E-state index in [1.807, 2.05) is 30.3 Å². The molecule has 9 heteroatoms. The number of amides is 2. The first-order chi connectivity index (χ1) is 14.5. The molecule has 7 nitrogen and oxygen atoms in total. The molecule has 0 spiro atoms. The fourth-order valence-electron chi connectivity index (χ4n) is 3.00. The number of nitrogens with zero attached hydrogens (tertiary/aromatic N) is 2. The molecule has 0 aromatic heterocycles. The number of hydrogen-bond donors (Lipinski definition) is 0. The molecule has 2 aromatic rings. The van der Waals surface area contributed by atoms with Crippen molar-refractivity contribution in [1.82, 2.24) is 10.0 Å². The van der Waals surface area contributed by atoms with E-state index in [0.717, 1.165) is 5.56 Å². The second-order valence-electron chi connectivity index (χ2n) is 6.72. The van der Waals surface area contributed by atoms with Crippen molar-refractivity contribution in [2.24, 2.45) is 0 Å². The van der Waals surface area contributed by atoms with Gasteiger partial charge in [0, 0.05) is 18.8 Å². The minimum absolute atomic E-state index is 0.0439. The molecule has 2 aromatic carbocycles. The Kier molecular flexibility index (Phi) is 7.75. The van der Waals surface area contributed by atoms with Gasteiger partial charge >= 0.3 is 6.09 Å². The average Bonchev–Trinajstić information content (AvgIpc) is 3.26. The van der Waals surface area contributed by atoms with Crippen LogP contribution in [0.1, 0.15) is 12.0 Å². The summed E-state index contributed by atoms with van der Waals surface area (Å²) in [6.45, 7) is 1.01. The summed E-state index contributed by atoms with van der Waals surface area (Å²) in [7, 11) is -3.37. The lowest BCUT2D eigenvalue weighted by Gasteiger charge is -2.27. The third kappa shape index (κ3) is 5.99. The predicted octanol–water partition coefficient (Wildman–Crippen LogP) is 2.98. The topological polar surface area (TPSA) is 84.0 Å². The van der Waals surface area contributed by atoms with E-state index in [2.05, 4.69) is 0 Å². The minimum Gasteiger partial charge on any atom is -0.443 e. The molecule has 1 aliphatic rings. The van der Waals surface area contributed by atoms with Crippen LogP contribution >= 0.6 is 11.8 Å². The molecule has 0 N–H and O–H groups in total. The summed E-state index contributed by atoms with van der Waals surface area (Å²) in [6.07, 6.45) is 0.125. The van der Waals surface area contributed by atoms with Gasteiger partial charge in [0.2, 0.25) is 0 Å². The zero-order chi connectivity index (χ0) is 21.4. The Morgan fingerprint density at radius 3 is 2.27 bits per heavy atom. The molecule has 30 heavy (non-hydrogen) atoms. The summed E-state index contributed by atoms with van der Waals surface area (Å²) in [5.74, 6) is 0.131. The van der Waals surface area contributed by atoms with Gasteiger partial charge in [-0.1, -0.05) is 48.5 Å². The number of hydrazine groups is 1. The minimum atomic E-state index is -3.37. The van der Waals surface area contributed by atoms with Crippen molar-refractivity contribution in [3.8, 4) is 0 Å². The third-order valence-electron chi connectivity index (χ3n) is 4.56. The van der Waals surface area contributed by atoms with Crippen LogP contribution in [0.2, 0.25) is 0 Å². The molecule has 0 radical (unpaired) electrons. The molecule has 160 valence electrons. The van der Waals surface area contributed by atoms with Crippen LogP contribution in [0.15, 0.2) is 65.6 Å². The number of carbonyl (C=O) groups is 2. The van der Waals surface area contributed by atoms with E-state index < -0.39 is 15.9 Å². The highest BCUT2D eigenvalue weighted by Gasteiger charge is 2.31. The average molecular weight is 449 g/mol. The maximum absolute atomic E-state index is 12.5. The molecule has 1 fully saturated rings. The number of ether oxygens (including phenoxy) is 1. The molecule has 0 atom stereocenters. The Morgan fingerprint density at radius 1 is 0.933 bits per heavy atom. The van der Waals surface area contributed by atoms with Crippen molar-refractivity contribution < 1.29 is 22.7 Å². The summed E-state index contributed by atoms with van der Waals surface area (Å²) in [5.41, 5.74) is 0.873. The predicted molar refractivity (Wildman–Crippen MR) is 115 cm³/mol. The van der Waals surface area contributed by atoms with E-state index in [1.54, 1.807) is 30.3 Å². The van der Waals surface area contributed by atoms with Gasteiger partial charge in [0.05, 0.1) is 16.4 Å². The van der Waals surface area contributed by atoms with Crippen molar-refractivity contribution in [1.29, 1.82) is 0 Å². The first-order valence-corrected chi connectivity index (χ1v) is 12.4. The van der Waals surface area contributed by atoms with Crippen LogP contribution in [-0.4, -0.2) is 60.8 Å². The molecule has 0 saturated carbocycles. The van der Waals surface area contributed by atoms with Crippen LogP contribution in [0.4, 0.5) is 4.79 Å². The Morgan fingerprint density at radius 2 is 1.57 bits per heavy atom. The van der Waals surface area contributed by atoms with Crippen molar-refractivity contribution in [3.05, 3.63) is 66.2 Å². The SMILES string of the molecule is O=C(CSCCS(=O)(=O)c1ccccc1)N1CCCN1C(=O)OCc1ccccc1. The maximum atomic E-state index is 12.5. The number of hydrogen-bond acceptors (Lipinski definition) is 6. The fourth-order valence-corrected chi connectivity index (χ4v) is 5.63. The number of rotatable bonds is 8. The third-order valence-corrected chi connectivity index (χ3v) is 7.49. The fraction of sp³-hybridized carbons (Fsp3) is 0.333. The lowest BCUT2D eigenvalue weighted by molar-refractivity contribution is -0.138. The highest BCUT2D eigenvalue weighted by atomic mass is 32.2. The molecule has 0 bridgehead atoms. The van der Waals surface area contributed by atoms with Gasteiger partial charge in [0.1, 0.15) is 6.61 Å². The summed E-state index contributed by atoms with van der Waals surface area (Å²) < 4.78 is 29.9. The van der Waals surface area contributed by atoms with E-state index in [0.29, 0.717) is 25.3 Å². The van der Waals surface area contributed by atoms with Crippen LogP contribution < -0.4 is 0 Å². The monoisotopic (exact) mass is 448 g/mol. The number of sulfone groups is 1. The molecular formula is C21H24N2O5S2. The normalized spacial score (nSPS) is 14.0. The van der Waals surface area contributed by atoms with Crippen LogP contribution in [0.3, 0.4) is 0 Å². The Hall–Kier alpha value is -2.52. The summed E-state index contributed by atoms with van der Waals surface area (Å²) in [5, 5.41) is 2.72. The number of thioether (sulfide) groups is 1. The summed E-state index contributed by atoms with van der Waals surface area (Å²) in [6, 6.07) is 17.6. The number of benzene rings is 2. The van der Waals surface area contributed by atoms with E-state index in [9.17, 15) is 18.0 Å². The van der Waals surface area contributed by atoms with E-state index in [4.69, 9.17) is 4.74 Å². The van der Waals surface area contributed by atoms with Gasteiger partial charge in [-0.3, -0.25) is 4.79 Å². The van der Waals surface area contributed by atoms with E-state index in [-0.39, 0.29) is 28.9 Å².